The largest absolute Gasteiger partial charge is 0.360 e. The van der Waals surface area contributed by atoms with Crippen molar-refractivity contribution in [2.45, 2.75) is 25.3 Å². The van der Waals surface area contributed by atoms with Gasteiger partial charge in [-0.15, -0.1) is 0 Å². The van der Waals surface area contributed by atoms with Crippen molar-refractivity contribution in [1.29, 1.82) is 0 Å². The highest BCUT2D eigenvalue weighted by Crippen LogP contribution is 2.28. The zero-order valence-electron chi connectivity index (χ0n) is 24.1. The van der Waals surface area contributed by atoms with Gasteiger partial charge in [0.25, 0.3) is 11.8 Å². The number of carbonyl (C=O) groups excluding carboxylic acids is 3. The summed E-state index contributed by atoms with van der Waals surface area (Å²) in [5.74, 6) is -2.78. The summed E-state index contributed by atoms with van der Waals surface area (Å²) in [6, 6.07) is 5.72. The maximum atomic E-state index is 14.7. The number of anilines is 2. The van der Waals surface area contributed by atoms with E-state index in [0.717, 1.165) is 25.6 Å². The Morgan fingerprint density at radius 3 is 2.51 bits per heavy atom. The fourth-order valence-corrected chi connectivity index (χ4v) is 5.65. The Kier molecular flexibility index (Phi) is 8.92. The molecular weight excluding hydrogens is 582 g/mol. The molecule has 14 heteroatoms. The third-order valence-corrected chi connectivity index (χ3v) is 8.13. The number of imidazole rings is 1. The van der Waals surface area contributed by atoms with Crippen molar-refractivity contribution in [2.75, 3.05) is 50.5 Å². The lowest BCUT2D eigenvalue weighted by molar-refractivity contribution is -0.126. The molecule has 5 rings (SSSR count). The molecule has 0 aliphatic carbocycles. The number of carbonyl (C=O) groups is 3. The molecule has 3 amide bonds. The summed E-state index contributed by atoms with van der Waals surface area (Å²) in [4.78, 5) is 49.6. The van der Waals surface area contributed by atoms with Crippen LogP contribution in [-0.2, 0) is 11.8 Å². The molecule has 11 nitrogen and oxygen atoms in total. The highest BCUT2D eigenvalue weighted by molar-refractivity contribution is 6.34. The van der Waals surface area contributed by atoms with Gasteiger partial charge in [-0.1, -0.05) is 11.6 Å². The molecular formula is C29H33ClF2N8O3. The minimum absolute atomic E-state index is 0.0370. The number of pyridine rings is 1. The molecule has 4 heterocycles. The van der Waals surface area contributed by atoms with Gasteiger partial charge < -0.3 is 30.3 Å². The topological polar surface area (TPSA) is 124 Å². The van der Waals surface area contributed by atoms with Gasteiger partial charge in [-0.05, 0) is 50.1 Å². The first-order valence-electron chi connectivity index (χ1n) is 14.0. The predicted molar refractivity (Wildman–Crippen MR) is 158 cm³/mol. The Labute approximate surface area is 252 Å². The molecule has 0 bridgehead atoms. The Morgan fingerprint density at radius 2 is 1.86 bits per heavy atom. The highest BCUT2D eigenvalue weighted by atomic mass is 35.5. The van der Waals surface area contributed by atoms with E-state index in [4.69, 9.17) is 11.6 Å². The van der Waals surface area contributed by atoms with Crippen LogP contribution in [0.1, 0.15) is 40.2 Å². The van der Waals surface area contributed by atoms with Crippen LogP contribution in [0, 0.1) is 17.7 Å². The number of halogens is 3. The minimum Gasteiger partial charge on any atom is -0.360 e. The molecule has 2 fully saturated rings. The van der Waals surface area contributed by atoms with E-state index in [-0.39, 0.29) is 57.3 Å². The number of likely N-dealkylation sites (tertiary alicyclic amines) is 1. The Hall–Kier alpha value is -4.10. The summed E-state index contributed by atoms with van der Waals surface area (Å²) < 4.78 is 30.5. The standard InChI is InChI=1S/C29H33ClF2N8O3/c1-38(2)25-22(31)13-20(24(32)37-25)23-15-34-26(39(23)3)28(42)35-17-4-5-19(21(30)12-17)29(43)40-10-7-16(8-11-40)27(41)36-18-6-9-33-14-18/h4-5,12-13,15-16,18,33H,6-11,14H2,1-3H3,(H,35,42)(H,36,41). The second kappa shape index (κ2) is 12.6. The first kappa shape index (κ1) is 30.4. The van der Waals surface area contributed by atoms with Crippen molar-refractivity contribution in [2.24, 2.45) is 13.0 Å². The van der Waals surface area contributed by atoms with Gasteiger partial charge in [0.05, 0.1) is 28.0 Å². The van der Waals surface area contributed by atoms with Crippen molar-refractivity contribution in [3.8, 4) is 11.3 Å². The maximum absolute atomic E-state index is 14.7. The van der Waals surface area contributed by atoms with E-state index in [1.807, 2.05) is 0 Å². The number of hydrogen-bond donors (Lipinski definition) is 3. The van der Waals surface area contributed by atoms with E-state index in [9.17, 15) is 23.2 Å². The molecule has 2 aliphatic heterocycles. The molecule has 1 unspecified atom stereocenters. The van der Waals surface area contributed by atoms with Gasteiger partial charge in [0.2, 0.25) is 11.9 Å². The fourth-order valence-electron chi connectivity index (χ4n) is 5.39. The van der Waals surface area contributed by atoms with Crippen molar-refractivity contribution in [1.82, 2.24) is 30.1 Å². The normalized spacial score (nSPS) is 17.2. The molecule has 1 aromatic carbocycles. The second-order valence-electron chi connectivity index (χ2n) is 11.0. The number of piperidine rings is 1. The summed E-state index contributed by atoms with van der Waals surface area (Å²) in [6.07, 6.45) is 3.33. The van der Waals surface area contributed by atoms with Crippen LogP contribution in [0.25, 0.3) is 11.3 Å². The van der Waals surface area contributed by atoms with Crippen LogP contribution in [0.15, 0.2) is 30.5 Å². The average Bonchev–Trinajstić information content (AvgIpc) is 3.63. The number of benzene rings is 1. The number of nitrogens with zero attached hydrogens (tertiary/aromatic N) is 5. The van der Waals surface area contributed by atoms with Crippen LogP contribution in [0.2, 0.25) is 5.02 Å². The van der Waals surface area contributed by atoms with Crippen LogP contribution in [-0.4, -0.2) is 83.5 Å². The quantitative estimate of drug-likeness (QED) is 0.350. The van der Waals surface area contributed by atoms with E-state index in [1.54, 1.807) is 25.1 Å². The molecule has 43 heavy (non-hydrogen) atoms. The summed E-state index contributed by atoms with van der Waals surface area (Å²) in [7, 11) is 4.60. The highest BCUT2D eigenvalue weighted by Gasteiger charge is 2.30. The molecule has 3 aromatic rings. The number of hydrogen-bond acceptors (Lipinski definition) is 7. The van der Waals surface area contributed by atoms with Crippen LogP contribution >= 0.6 is 11.6 Å². The number of nitrogens with one attached hydrogen (secondary N) is 3. The molecule has 2 aromatic heterocycles. The number of rotatable bonds is 7. The van der Waals surface area contributed by atoms with Gasteiger partial charge in [-0.25, -0.2) is 9.37 Å². The van der Waals surface area contributed by atoms with Crippen molar-refractivity contribution < 1.29 is 23.2 Å². The van der Waals surface area contributed by atoms with E-state index < -0.39 is 17.7 Å². The Bertz CT molecular complexity index is 1550. The number of aromatic nitrogens is 3. The zero-order chi connectivity index (χ0) is 30.8. The summed E-state index contributed by atoms with van der Waals surface area (Å²) >= 11 is 6.45. The molecule has 2 saturated heterocycles. The second-order valence-corrected chi connectivity index (χ2v) is 11.4. The predicted octanol–water partition coefficient (Wildman–Crippen LogP) is 3.06. The Balaban J connectivity index is 1.21. The molecule has 0 spiro atoms. The zero-order valence-corrected chi connectivity index (χ0v) is 24.8. The Morgan fingerprint density at radius 1 is 1.12 bits per heavy atom. The van der Waals surface area contributed by atoms with Crippen molar-refractivity contribution in [3.05, 3.63) is 58.6 Å². The fraction of sp³-hybridized carbons (Fsp3) is 0.414. The van der Waals surface area contributed by atoms with Gasteiger partial charge >= 0.3 is 0 Å². The third-order valence-electron chi connectivity index (χ3n) is 7.82. The molecule has 3 N–H and O–H groups in total. The maximum Gasteiger partial charge on any atom is 0.291 e. The number of amides is 3. The lowest BCUT2D eigenvalue weighted by Crippen LogP contribution is -2.45. The first-order chi connectivity index (χ1) is 20.5. The van der Waals surface area contributed by atoms with Gasteiger partial charge in [0.1, 0.15) is 0 Å². The minimum atomic E-state index is -0.902. The molecule has 228 valence electrons. The first-order valence-corrected chi connectivity index (χ1v) is 14.4. The van der Waals surface area contributed by atoms with Crippen LogP contribution in [0.5, 0.6) is 0 Å². The monoisotopic (exact) mass is 614 g/mol. The summed E-state index contributed by atoms with van der Waals surface area (Å²) in [5, 5.41) is 9.15. The van der Waals surface area contributed by atoms with E-state index in [2.05, 4.69) is 25.9 Å². The summed E-state index contributed by atoms with van der Waals surface area (Å²) in [6.45, 7) is 2.56. The molecule has 1 atom stereocenters. The summed E-state index contributed by atoms with van der Waals surface area (Å²) in [5.41, 5.74) is 0.626. The van der Waals surface area contributed by atoms with Gasteiger partial charge in [-0.3, -0.25) is 14.4 Å². The van der Waals surface area contributed by atoms with E-state index in [1.165, 1.54) is 34.8 Å². The lowest BCUT2D eigenvalue weighted by atomic mass is 9.95. The van der Waals surface area contributed by atoms with Crippen molar-refractivity contribution in [3.63, 3.8) is 0 Å². The van der Waals surface area contributed by atoms with E-state index >= 15 is 0 Å². The van der Waals surface area contributed by atoms with Gasteiger partial charge in [0, 0.05) is 58.4 Å². The third kappa shape index (κ3) is 6.47. The SMILES string of the molecule is CN(C)c1nc(F)c(-c2cnc(C(=O)Nc3ccc(C(=O)N4CCC(C(=O)NC5CCNC5)CC4)c(Cl)c3)n2C)cc1F. The van der Waals surface area contributed by atoms with Crippen LogP contribution < -0.4 is 20.9 Å². The van der Waals surface area contributed by atoms with Crippen molar-refractivity contribution >= 4 is 40.8 Å². The smallest absolute Gasteiger partial charge is 0.291 e. The molecule has 0 saturated carbocycles. The molecule has 2 aliphatic rings. The van der Waals surface area contributed by atoms with Crippen LogP contribution in [0.3, 0.4) is 0 Å². The van der Waals surface area contributed by atoms with Gasteiger partial charge in [0.15, 0.2) is 17.5 Å². The molecule has 0 radical (unpaired) electrons. The van der Waals surface area contributed by atoms with E-state index in [0.29, 0.717) is 31.6 Å². The average molecular weight is 615 g/mol. The van der Waals surface area contributed by atoms with Crippen LogP contribution in [0.4, 0.5) is 20.3 Å². The van der Waals surface area contributed by atoms with Gasteiger partial charge in [-0.2, -0.15) is 9.37 Å². The lowest BCUT2D eigenvalue weighted by Gasteiger charge is -2.32.